The first-order valence-electron chi connectivity index (χ1n) is 5.38. The molecule has 0 unspecified atom stereocenters. The van der Waals surface area contributed by atoms with E-state index in [1.54, 1.807) is 6.07 Å². The molecule has 0 aliphatic heterocycles. The Morgan fingerprint density at radius 2 is 2.11 bits per heavy atom. The smallest absolute Gasteiger partial charge is 0.329 e. The monoisotopic (exact) mass is 271 g/mol. The molecule has 1 amide bonds. The Hall–Kier alpha value is -1.59. The molecule has 0 heterocycles. The van der Waals surface area contributed by atoms with Gasteiger partial charge >= 0.3 is 5.97 Å². The molecule has 0 saturated carbocycles. The van der Waals surface area contributed by atoms with E-state index in [1.165, 1.54) is 0 Å². The van der Waals surface area contributed by atoms with Crippen molar-refractivity contribution in [1.29, 1.82) is 0 Å². The third kappa shape index (κ3) is 6.22. The van der Waals surface area contributed by atoms with Gasteiger partial charge in [0.2, 0.25) is 5.91 Å². The van der Waals surface area contributed by atoms with Gasteiger partial charge in [-0.25, -0.2) is 4.79 Å². The summed E-state index contributed by atoms with van der Waals surface area (Å²) in [6.07, 6.45) is 0.658. The molecule has 0 spiro atoms. The van der Waals surface area contributed by atoms with Crippen LogP contribution in [0.5, 0.6) is 0 Å². The van der Waals surface area contributed by atoms with Crippen LogP contribution < -0.4 is 5.32 Å². The Kier molecular flexibility index (Phi) is 6.18. The maximum atomic E-state index is 11.2. The number of carboxylic acids is 1. The fraction of sp³-hybridized carbons (Fsp3) is 0.333. The van der Waals surface area contributed by atoms with Crippen LogP contribution in [0.15, 0.2) is 24.3 Å². The largest absolute Gasteiger partial charge is 0.480 e. The van der Waals surface area contributed by atoms with Crippen LogP contribution in [0.1, 0.15) is 5.56 Å². The number of ether oxygens (including phenoxy) is 1. The summed E-state index contributed by atoms with van der Waals surface area (Å²) in [5.74, 6) is -1.43. The van der Waals surface area contributed by atoms with Crippen LogP contribution in [0, 0.1) is 0 Å². The van der Waals surface area contributed by atoms with Crippen molar-refractivity contribution in [3.05, 3.63) is 34.9 Å². The molecule has 0 fully saturated rings. The van der Waals surface area contributed by atoms with Crippen molar-refractivity contribution >= 4 is 23.5 Å². The molecule has 0 aliphatic rings. The van der Waals surface area contributed by atoms with E-state index < -0.39 is 12.6 Å². The summed E-state index contributed by atoms with van der Waals surface area (Å²) in [5.41, 5.74) is 1.02. The lowest BCUT2D eigenvalue weighted by Crippen LogP contribution is -2.30. The highest BCUT2D eigenvalue weighted by atomic mass is 35.5. The molecule has 2 N–H and O–H groups in total. The minimum atomic E-state index is -1.10. The van der Waals surface area contributed by atoms with Gasteiger partial charge in [-0.3, -0.25) is 4.79 Å². The van der Waals surface area contributed by atoms with Gasteiger partial charge in [0.15, 0.2) is 0 Å². The Morgan fingerprint density at radius 3 is 2.78 bits per heavy atom. The van der Waals surface area contributed by atoms with E-state index >= 15 is 0 Å². The lowest BCUT2D eigenvalue weighted by molar-refractivity contribution is -0.143. The van der Waals surface area contributed by atoms with E-state index in [4.69, 9.17) is 16.7 Å². The molecule has 1 rings (SSSR count). The molecule has 0 aliphatic carbocycles. The predicted octanol–water partition coefficient (Wildman–Crippen LogP) is 1.10. The molecular formula is C12H14ClNO4. The highest BCUT2D eigenvalue weighted by Gasteiger charge is 2.03. The van der Waals surface area contributed by atoms with Gasteiger partial charge < -0.3 is 15.2 Å². The third-order valence-electron chi connectivity index (χ3n) is 2.08. The fourth-order valence-electron chi connectivity index (χ4n) is 1.32. The number of halogens is 1. The van der Waals surface area contributed by atoms with Crippen molar-refractivity contribution in [3.8, 4) is 0 Å². The number of carbonyl (C=O) groups is 2. The second-order valence-electron chi connectivity index (χ2n) is 3.62. The third-order valence-corrected chi connectivity index (χ3v) is 2.32. The maximum Gasteiger partial charge on any atom is 0.329 e. The van der Waals surface area contributed by atoms with Gasteiger partial charge in [-0.2, -0.15) is 0 Å². The van der Waals surface area contributed by atoms with E-state index in [2.05, 4.69) is 10.1 Å². The number of carboxylic acid groups (broad SMARTS) is 1. The van der Waals surface area contributed by atoms with Gasteiger partial charge in [-0.1, -0.05) is 23.7 Å². The van der Waals surface area contributed by atoms with E-state index in [9.17, 15) is 9.59 Å². The number of hydrogen-bond acceptors (Lipinski definition) is 3. The quantitative estimate of drug-likeness (QED) is 0.779. The summed E-state index contributed by atoms with van der Waals surface area (Å²) in [6, 6.07) is 7.37. The van der Waals surface area contributed by atoms with Crippen molar-refractivity contribution < 1.29 is 19.4 Å². The van der Waals surface area contributed by atoms with Crippen LogP contribution >= 0.6 is 11.6 Å². The van der Waals surface area contributed by atoms with Crippen LogP contribution in [-0.2, 0) is 20.7 Å². The summed E-state index contributed by atoms with van der Waals surface area (Å²) >= 11 is 5.82. The molecule has 98 valence electrons. The molecule has 5 nitrogen and oxygen atoms in total. The number of benzene rings is 1. The molecule has 1 aromatic rings. The zero-order chi connectivity index (χ0) is 13.4. The Labute approximate surface area is 110 Å². The van der Waals surface area contributed by atoms with Gasteiger partial charge in [0.1, 0.15) is 13.2 Å². The summed E-state index contributed by atoms with van der Waals surface area (Å²) in [7, 11) is 0. The molecular weight excluding hydrogens is 258 g/mol. The van der Waals surface area contributed by atoms with Gasteiger partial charge in [-0.15, -0.1) is 0 Å². The minimum absolute atomic E-state index is 0.248. The van der Waals surface area contributed by atoms with E-state index in [0.29, 0.717) is 18.0 Å². The molecule has 0 bridgehead atoms. The highest BCUT2D eigenvalue weighted by Crippen LogP contribution is 2.10. The normalized spacial score (nSPS) is 10.1. The zero-order valence-corrected chi connectivity index (χ0v) is 10.4. The van der Waals surface area contributed by atoms with Crippen molar-refractivity contribution in [2.75, 3.05) is 19.8 Å². The molecule has 18 heavy (non-hydrogen) atoms. The minimum Gasteiger partial charge on any atom is -0.480 e. The zero-order valence-electron chi connectivity index (χ0n) is 9.69. The number of rotatable bonds is 7. The van der Waals surface area contributed by atoms with Gasteiger partial charge in [-0.05, 0) is 24.1 Å². The van der Waals surface area contributed by atoms with Crippen LogP contribution in [-0.4, -0.2) is 36.7 Å². The number of nitrogens with one attached hydrogen (secondary N) is 1. The summed E-state index contributed by atoms with van der Waals surface area (Å²) in [5, 5.41) is 11.6. The Balaban J connectivity index is 2.17. The van der Waals surface area contributed by atoms with Crippen LogP contribution in [0.4, 0.5) is 0 Å². The number of hydrogen-bond donors (Lipinski definition) is 2. The SMILES string of the molecule is O=C(O)COCC(=O)NCCc1cccc(Cl)c1. The molecule has 1 aromatic carbocycles. The predicted molar refractivity (Wildman–Crippen MR) is 66.6 cm³/mol. The van der Waals surface area contributed by atoms with E-state index in [1.807, 2.05) is 18.2 Å². The average Bonchev–Trinajstić information content (AvgIpc) is 2.28. The second kappa shape index (κ2) is 7.68. The number of amides is 1. The molecule has 0 aromatic heterocycles. The van der Waals surface area contributed by atoms with E-state index in [-0.39, 0.29) is 12.5 Å². The van der Waals surface area contributed by atoms with Gasteiger partial charge in [0, 0.05) is 11.6 Å². The molecule has 0 atom stereocenters. The molecule has 0 saturated heterocycles. The van der Waals surface area contributed by atoms with Crippen molar-refractivity contribution in [2.45, 2.75) is 6.42 Å². The van der Waals surface area contributed by atoms with Gasteiger partial charge in [0.25, 0.3) is 0 Å². The lowest BCUT2D eigenvalue weighted by atomic mass is 10.1. The molecule has 6 heteroatoms. The Morgan fingerprint density at radius 1 is 1.33 bits per heavy atom. The Bertz CT molecular complexity index is 422. The first kappa shape index (κ1) is 14.5. The van der Waals surface area contributed by atoms with Crippen LogP contribution in [0.25, 0.3) is 0 Å². The average molecular weight is 272 g/mol. The second-order valence-corrected chi connectivity index (χ2v) is 4.05. The highest BCUT2D eigenvalue weighted by molar-refractivity contribution is 6.30. The molecule has 0 radical (unpaired) electrons. The van der Waals surface area contributed by atoms with Crippen molar-refractivity contribution in [2.24, 2.45) is 0 Å². The van der Waals surface area contributed by atoms with Gasteiger partial charge in [0.05, 0.1) is 0 Å². The number of carbonyl (C=O) groups excluding carboxylic acids is 1. The first-order valence-corrected chi connectivity index (χ1v) is 5.76. The van der Waals surface area contributed by atoms with Crippen molar-refractivity contribution in [3.63, 3.8) is 0 Å². The van der Waals surface area contributed by atoms with E-state index in [0.717, 1.165) is 5.56 Å². The topological polar surface area (TPSA) is 75.6 Å². The standard InChI is InChI=1S/C12H14ClNO4/c13-10-3-1-2-9(6-10)4-5-14-11(15)7-18-8-12(16)17/h1-3,6H,4-5,7-8H2,(H,14,15)(H,16,17). The number of aliphatic carboxylic acids is 1. The summed E-state index contributed by atoms with van der Waals surface area (Å²) in [4.78, 5) is 21.4. The van der Waals surface area contributed by atoms with Crippen LogP contribution in [0.2, 0.25) is 5.02 Å². The van der Waals surface area contributed by atoms with Crippen LogP contribution in [0.3, 0.4) is 0 Å². The fourth-order valence-corrected chi connectivity index (χ4v) is 1.53. The lowest BCUT2D eigenvalue weighted by Gasteiger charge is -2.05. The summed E-state index contributed by atoms with van der Waals surface area (Å²) in [6.45, 7) is -0.265. The summed E-state index contributed by atoms with van der Waals surface area (Å²) < 4.78 is 4.65. The first-order chi connectivity index (χ1) is 8.58. The van der Waals surface area contributed by atoms with Crippen molar-refractivity contribution in [1.82, 2.24) is 5.32 Å². The maximum absolute atomic E-state index is 11.2.